The smallest absolute Gasteiger partial charge is 0.0877 e. The summed E-state index contributed by atoms with van der Waals surface area (Å²) in [6, 6.07) is 0. The molecule has 0 aromatic heterocycles. The van der Waals surface area contributed by atoms with Gasteiger partial charge in [0.25, 0.3) is 0 Å². The molecule has 54 heavy (non-hydrogen) atoms. The van der Waals surface area contributed by atoms with Crippen LogP contribution in [0.5, 0.6) is 0 Å². The summed E-state index contributed by atoms with van der Waals surface area (Å²) in [4.78, 5) is 0. The third kappa shape index (κ3) is 28.5. The van der Waals surface area contributed by atoms with Crippen LogP contribution in [0.3, 0.4) is 0 Å². The summed E-state index contributed by atoms with van der Waals surface area (Å²) in [6.45, 7) is 18.3. The van der Waals surface area contributed by atoms with Crippen LogP contribution in [0.15, 0.2) is 23.3 Å². The average molecular weight is 773 g/mol. The molecule has 0 aliphatic carbocycles. The minimum absolute atomic E-state index is 0.0538. The topological polar surface area (TPSA) is 182 Å². The molecule has 9 N–H and O–H groups in total. The molecule has 0 heterocycles. The first kappa shape index (κ1) is 53.1. The van der Waals surface area contributed by atoms with E-state index in [1.165, 1.54) is 5.57 Å². The summed E-state index contributed by atoms with van der Waals surface area (Å²) in [5, 5.41) is 95.2. The van der Waals surface area contributed by atoms with Gasteiger partial charge in [0.15, 0.2) is 0 Å². The highest BCUT2D eigenvalue weighted by Gasteiger charge is 2.32. The molecule has 0 amide bonds. The van der Waals surface area contributed by atoms with Gasteiger partial charge in [-0.3, -0.25) is 0 Å². The van der Waals surface area contributed by atoms with E-state index in [0.29, 0.717) is 122 Å². The maximum Gasteiger partial charge on any atom is 0.0877 e. The van der Waals surface area contributed by atoms with Crippen molar-refractivity contribution in [3.05, 3.63) is 23.3 Å². The number of hydrogen-bond donors (Lipinski definition) is 9. The van der Waals surface area contributed by atoms with Crippen LogP contribution in [0.25, 0.3) is 0 Å². The SMILES string of the molecule is C/C(=C\CO)CC/C=C(\C)CC[C@H](O)[C@](C)(O)CCC[C@](C)(O)CCC[C@](C)(O)CCC[C@](C)(O)CCC[C@@](C)(O)CCC[C@](C)(O)CCCC(C)(C)O. The highest BCUT2D eigenvalue weighted by molar-refractivity contribution is 5.04. The summed E-state index contributed by atoms with van der Waals surface area (Å²) in [7, 11) is 0. The van der Waals surface area contributed by atoms with Crippen molar-refractivity contribution < 1.29 is 46.0 Å². The number of rotatable bonds is 32. The third-order valence-corrected chi connectivity index (χ3v) is 11.6. The van der Waals surface area contributed by atoms with Crippen molar-refractivity contribution >= 4 is 0 Å². The van der Waals surface area contributed by atoms with Gasteiger partial charge in [0.2, 0.25) is 0 Å². The molecule has 0 radical (unpaired) electrons. The summed E-state index contributed by atoms with van der Waals surface area (Å²) < 4.78 is 0. The molecule has 0 rings (SSSR count). The lowest BCUT2D eigenvalue weighted by molar-refractivity contribution is -0.0746. The Kier molecular flexibility index (Phi) is 23.7. The number of aliphatic hydroxyl groups is 9. The Hall–Kier alpha value is -0.880. The van der Waals surface area contributed by atoms with Gasteiger partial charge in [-0.05, 0) is 210 Å². The van der Waals surface area contributed by atoms with Crippen molar-refractivity contribution in [2.75, 3.05) is 6.61 Å². The standard InChI is InChI=1S/C45H88O9/c1-36(18-11-19-37(2)22-35-46)20-21-38(47)45(10,54)34-17-33-44(9,53)32-16-31-43(8,52)30-15-29-42(7,51)28-14-27-41(6,50)26-13-25-40(5,49)24-12-23-39(3,4)48/h18,22,38,46-54H,11-17,19-21,23-35H2,1-10H3/b36-18+,37-22+/t38-,40+,41-,42+,43+,44+,45+/m0/s1. The van der Waals surface area contributed by atoms with Crippen LogP contribution in [0.2, 0.25) is 0 Å². The minimum atomic E-state index is -1.25. The van der Waals surface area contributed by atoms with Crippen molar-refractivity contribution in [2.24, 2.45) is 0 Å². The first-order valence-electron chi connectivity index (χ1n) is 21.2. The normalized spacial score (nSPS) is 20.6. The van der Waals surface area contributed by atoms with Gasteiger partial charge in [-0.25, -0.2) is 0 Å². The Labute approximate surface area is 331 Å². The molecule has 0 aliphatic heterocycles. The molecule has 7 atom stereocenters. The molecule has 9 heteroatoms. The van der Waals surface area contributed by atoms with Gasteiger partial charge in [-0.2, -0.15) is 0 Å². The Morgan fingerprint density at radius 3 is 1.06 bits per heavy atom. The van der Waals surface area contributed by atoms with Crippen LogP contribution in [0.1, 0.15) is 210 Å². The zero-order valence-corrected chi connectivity index (χ0v) is 36.5. The van der Waals surface area contributed by atoms with Crippen molar-refractivity contribution in [2.45, 2.75) is 256 Å². The maximum absolute atomic E-state index is 11.0. The lowest BCUT2D eigenvalue weighted by Gasteiger charge is -2.32. The minimum Gasteiger partial charge on any atom is -0.392 e. The largest absolute Gasteiger partial charge is 0.392 e. The highest BCUT2D eigenvalue weighted by Crippen LogP contribution is 2.32. The summed E-state index contributed by atoms with van der Waals surface area (Å²) >= 11 is 0. The Morgan fingerprint density at radius 1 is 0.444 bits per heavy atom. The van der Waals surface area contributed by atoms with Crippen LogP contribution in [0, 0.1) is 0 Å². The Balaban J connectivity index is 4.45. The predicted octanol–water partition coefficient (Wildman–Crippen LogP) is 8.09. The fraction of sp³-hybridized carbons (Fsp3) is 0.911. The average Bonchev–Trinajstić information content (AvgIpc) is 2.98. The van der Waals surface area contributed by atoms with Crippen molar-refractivity contribution in [1.29, 1.82) is 0 Å². The molecule has 0 saturated heterocycles. The van der Waals surface area contributed by atoms with Gasteiger partial charge in [0.1, 0.15) is 0 Å². The van der Waals surface area contributed by atoms with E-state index in [4.69, 9.17) is 5.11 Å². The quantitative estimate of drug-likeness (QED) is 0.0305. The highest BCUT2D eigenvalue weighted by atomic mass is 16.3. The second-order valence-electron chi connectivity index (χ2n) is 19.7. The van der Waals surface area contributed by atoms with Gasteiger partial charge >= 0.3 is 0 Å². The van der Waals surface area contributed by atoms with Gasteiger partial charge < -0.3 is 46.0 Å². The molecule has 0 saturated carbocycles. The lowest BCUT2D eigenvalue weighted by Crippen LogP contribution is -2.39. The van der Waals surface area contributed by atoms with Gasteiger partial charge in [-0.1, -0.05) is 23.3 Å². The molecule has 0 aromatic rings. The zero-order valence-electron chi connectivity index (χ0n) is 36.5. The first-order valence-corrected chi connectivity index (χ1v) is 21.2. The molecular formula is C45H88O9. The number of hydrogen-bond acceptors (Lipinski definition) is 9. The van der Waals surface area contributed by atoms with E-state index < -0.39 is 45.3 Å². The van der Waals surface area contributed by atoms with Crippen molar-refractivity contribution in [1.82, 2.24) is 0 Å². The van der Waals surface area contributed by atoms with E-state index in [9.17, 15) is 40.9 Å². The monoisotopic (exact) mass is 773 g/mol. The predicted molar refractivity (Wildman–Crippen MR) is 222 cm³/mol. The molecule has 0 bridgehead atoms. The van der Waals surface area contributed by atoms with Crippen LogP contribution in [-0.4, -0.2) is 97.9 Å². The number of allylic oxidation sites excluding steroid dienone is 3. The summed E-state index contributed by atoms with van der Waals surface area (Å²) in [5.41, 5.74) is -4.13. The van der Waals surface area contributed by atoms with E-state index in [-0.39, 0.29) is 6.61 Å². The van der Waals surface area contributed by atoms with Crippen LogP contribution in [0.4, 0.5) is 0 Å². The van der Waals surface area contributed by atoms with E-state index in [0.717, 1.165) is 24.8 Å². The van der Waals surface area contributed by atoms with E-state index >= 15 is 0 Å². The van der Waals surface area contributed by atoms with Crippen molar-refractivity contribution in [3.63, 3.8) is 0 Å². The van der Waals surface area contributed by atoms with Gasteiger partial charge in [-0.15, -0.1) is 0 Å². The fourth-order valence-corrected chi connectivity index (χ4v) is 7.50. The Bertz CT molecular complexity index is 1060. The molecule has 0 aliphatic rings. The number of aliphatic hydroxyl groups excluding tert-OH is 2. The third-order valence-electron chi connectivity index (χ3n) is 11.6. The summed E-state index contributed by atoms with van der Waals surface area (Å²) in [6.07, 6.45) is 16.5. The molecule has 322 valence electrons. The van der Waals surface area contributed by atoms with Gasteiger partial charge in [0, 0.05) is 0 Å². The zero-order chi connectivity index (χ0) is 41.9. The maximum atomic E-state index is 11.0. The van der Waals surface area contributed by atoms with E-state index in [2.05, 4.69) is 6.08 Å². The van der Waals surface area contributed by atoms with Gasteiger partial charge in [0.05, 0.1) is 51.9 Å². The van der Waals surface area contributed by atoms with E-state index in [1.54, 1.807) is 27.7 Å². The molecule has 0 fully saturated rings. The second-order valence-corrected chi connectivity index (χ2v) is 19.7. The van der Waals surface area contributed by atoms with Crippen molar-refractivity contribution in [3.8, 4) is 0 Å². The molecule has 0 unspecified atom stereocenters. The molecular weight excluding hydrogens is 684 g/mol. The fourth-order valence-electron chi connectivity index (χ4n) is 7.50. The first-order chi connectivity index (χ1) is 24.5. The van der Waals surface area contributed by atoms with Crippen LogP contribution < -0.4 is 0 Å². The molecule has 9 nitrogen and oxygen atoms in total. The summed E-state index contributed by atoms with van der Waals surface area (Å²) in [5.74, 6) is 0. The van der Waals surface area contributed by atoms with Crippen LogP contribution in [-0.2, 0) is 0 Å². The molecule has 0 spiro atoms. The van der Waals surface area contributed by atoms with E-state index in [1.807, 2.05) is 47.6 Å². The second kappa shape index (κ2) is 24.1. The molecule has 0 aromatic carbocycles. The van der Waals surface area contributed by atoms with Crippen LogP contribution >= 0.6 is 0 Å². The Morgan fingerprint density at radius 2 is 0.741 bits per heavy atom. The lowest BCUT2D eigenvalue weighted by atomic mass is 9.83.